The van der Waals surface area contributed by atoms with Gasteiger partial charge in [-0.05, 0) is 6.92 Å². The fourth-order valence-electron chi connectivity index (χ4n) is 1.56. The minimum Gasteiger partial charge on any atom is -0.394 e. The molecule has 2 rings (SSSR count). The van der Waals surface area contributed by atoms with Gasteiger partial charge in [0.2, 0.25) is 0 Å². The molecule has 0 saturated heterocycles. The third kappa shape index (κ3) is 1.46. The molecule has 1 heterocycles. The zero-order valence-corrected chi connectivity index (χ0v) is 8.09. The van der Waals surface area contributed by atoms with E-state index >= 15 is 0 Å². The van der Waals surface area contributed by atoms with Gasteiger partial charge in [-0.25, -0.2) is 11.1 Å². The van der Waals surface area contributed by atoms with Crippen molar-refractivity contribution in [2.75, 3.05) is 0 Å². The highest BCUT2D eigenvalue weighted by atomic mass is 16.3. The zero-order chi connectivity index (χ0) is 9.97. The molecule has 3 heteroatoms. The van der Waals surface area contributed by atoms with E-state index in [9.17, 15) is 5.11 Å². The first-order chi connectivity index (χ1) is 6.83. The molecule has 3 nitrogen and oxygen atoms in total. The number of aryl methyl sites for hydroxylation is 1. The summed E-state index contributed by atoms with van der Waals surface area (Å²) < 4.78 is 1.94. The van der Waals surface area contributed by atoms with Crippen molar-refractivity contribution in [3.05, 3.63) is 48.0 Å². The molecular weight excluding hydrogens is 176 g/mol. The molecule has 0 aliphatic rings. The highest BCUT2D eigenvalue weighted by Crippen LogP contribution is 2.20. The second-order valence-electron chi connectivity index (χ2n) is 3.19. The fraction of sp³-hybridized carbons (Fsp3) is 0.273. The molecule has 0 aliphatic heterocycles. The summed E-state index contributed by atoms with van der Waals surface area (Å²) in [4.78, 5) is 4.16. The summed E-state index contributed by atoms with van der Waals surface area (Å²) >= 11 is 0. The lowest BCUT2D eigenvalue weighted by molar-refractivity contribution is 0.205. The second kappa shape index (κ2) is 3.72. The Morgan fingerprint density at radius 2 is 2.50 bits per heavy atom. The summed E-state index contributed by atoms with van der Waals surface area (Å²) in [5.74, 6) is 0.707. The van der Waals surface area contributed by atoms with Crippen LogP contribution in [0.1, 0.15) is 24.4 Å². The number of imidazole rings is 1. The first kappa shape index (κ1) is 9.09. The second-order valence-corrected chi connectivity index (χ2v) is 3.19. The van der Waals surface area contributed by atoms with Gasteiger partial charge in [-0.15, -0.1) is 0 Å². The lowest BCUT2D eigenvalue weighted by Gasteiger charge is -2.15. The topological polar surface area (TPSA) is 38.0 Å². The van der Waals surface area contributed by atoms with Gasteiger partial charge in [0.25, 0.3) is 0 Å². The van der Waals surface area contributed by atoms with Crippen molar-refractivity contribution in [2.45, 2.75) is 19.6 Å². The summed E-state index contributed by atoms with van der Waals surface area (Å²) in [6, 6.07) is 7.63. The van der Waals surface area contributed by atoms with Crippen molar-refractivity contribution < 1.29 is 5.11 Å². The predicted octanol–water partition coefficient (Wildman–Crippen LogP) is 1.70. The van der Waals surface area contributed by atoms with E-state index in [2.05, 4.69) is 4.98 Å². The molecule has 0 saturated carbocycles. The molecule has 0 fully saturated rings. The minimum atomic E-state index is -0.611. The fourth-order valence-corrected chi connectivity index (χ4v) is 1.56. The van der Waals surface area contributed by atoms with E-state index in [1.54, 1.807) is 6.20 Å². The highest BCUT2D eigenvalue weighted by Gasteiger charge is 2.09. The Labute approximate surface area is 83.0 Å². The third-order valence-electron chi connectivity index (χ3n) is 2.34. The minimum absolute atomic E-state index is 0.611. The average molecular weight is 189 g/mol. The smallest absolute Gasteiger partial charge is 0.129 e. The van der Waals surface area contributed by atoms with Crippen LogP contribution in [0.4, 0.5) is 0 Å². The van der Waals surface area contributed by atoms with Crippen LogP contribution in [0.15, 0.2) is 36.7 Å². The number of nitrogens with zero attached hydrogens (tertiary/aromatic N) is 2. The Kier molecular flexibility index (Phi) is 2.41. The van der Waals surface area contributed by atoms with Gasteiger partial charge in [-0.2, -0.15) is 23.8 Å². The van der Waals surface area contributed by atoms with Gasteiger partial charge >= 0.3 is 0 Å². The van der Waals surface area contributed by atoms with Gasteiger partial charge in [-0.3, -0.25) is 0 Å². The predicted molar refractivity (Wildman–Crippen MR) is 54.0 cm³/mol. The van der Waals surface area contributed by atoms with Crippen LogP contribution in [-0.4, -0.2) is 14.7 Å². The quantitative estimate of drug-likeness (QED) is 0.746. The van der Waals surface area contributed by atoms with Crippen molar-refractivity contribution in [1.82, 2.24) is 9.55 Å². The van der Waals surface area contributed by atoms with Crippen LogP contribution in [0.25, 0.3) is 0 Å². The molecule has 14 heavy (non-hydrogen) atoms. The summed E-state index contributed by atoms with van der Waals surface area (Å²) in [5.41, 5.74) is 0.894. The molecule has 1 unspecified atom stereocenters. The summed E-state index contributed by atoms with van der Waals surface area (Å²) in [6.45, 7) is 2.86. The average Bonchev–Trinajstić information content (AvgIpc) is 2.87. The normalized spacial score (nSPS) is 13.0. The number of hydrogen-bond acceptors (Lipinski definition) is 2. The van der Waals surface area contributed by atoms with Gasteiger partial charge in [0.1, 0.15) is 5.82 Å². The molecule has 0 radical (unpaired) electrons. The molecule has 1 aromatic carbocycles. The maximum absolute atomic E-state index is 10.00. The SMILES string of the molecule is CCn1ccnc1C(O)c1cc[cH-]c1. The van der Waals surface area contributed by atoms with Gasteiger partial charge in [-0.1, -0.05) is 0 Å². The Morgan fingerprint density at radius 3 is 3.14 bits per heavy atom. The lowest BCUT2D eigenvalue weighted by Crippen LogP contribution is -2.07. The Morgan fingerprint density at radius 1 is 1.64 bits per heavy atom. The largest absolute Gasteiger partial charge is 0.394 e. The number of aliphatic hydroxyl groups is 1. The summed E-state index contributed by atoms with van der Waals surface area (Å²) in [5, 5.41) is 10.00. The third-order valence-corrected chi connectivity index (χ3v) is 2.34. The molecule has 0 spiro atoms. The number of aromatic nitrogens is 2. The maximum Gasteiger partial charge on any atom is 0.129 e. The van der Waals surface area contributed by atoms with Crippen LogP contribution in [0.3, 0.4) is 0 Å². The Balaban J connectivity index is 2.31. The van der Waals surface area contributed by atoms with Crippen LogP contribution < -0.4 is 0 Å². The van der Waals surface area contributed by atoms with E-state index in [1.807, 2.05) is 42.0 Å². The molecule has 1 N–H and O–H groups in total. The van der Waals surface area contributed by atoms with Crippen LogP contribution in [-0.2, 0) is 6.54 Å². The standard InChI is InChI=1S/C11H13N2O/c1-2-13-8-7-12-11(13)10(14)9-5-3-4-6-9/h3-8,10,14H,2H2,1H3/q-1. The summed E-state index contributed by atoms with van der Waals surface area (Å²) in [7, 11) is 0. The van der Waals surface area contributed by atoms with E-state index in [0.29, 0.717) is 5.82 Å². The Bertz CT molecular complexity index is 389. The van der Waals surface area contributed by atoms with Crippen molar-refractivity contribution >= 4 is 0 Å². The van der Waals surface area contributed by atoms with Crippen molar-refractivity contribution in [2.24, 2.45) is 0 Å². The maximum atomic E-state index is 10.00. The van der Waals surface area contributed by atoms with Crippen LogP contribution in [0, 0.1) is 0 Å². The van der Waals surface area contributed by atoms with Gasteiger partial charge in [0.05, 0.1) is 6.10 Å². The molecule has 1 aromatic heterocycles. The van der Waals surface area contributed by atoms with Crippen molar-refractivity contribution in [3.63, 3.8) is 0 Å². The van der Waals surface area contributed by atoms with Gasteiger partial charge in [0, 0.05) is 18.9 Å². The van der Waals surface area contributed by atoms with E-state index in [0.717, 1.165) is 12.1 Å². The van der Waals surface area contributed by atoms with Crippen LogP contribution in [0.5, 0.6) is 0 Å². The molecular formula is C11H13N2O-. The number of hydrogen-bond donors (Lipinski definition) is 1. The van der Waals surface area contributed by atoms with E-state index in [1.165, 1.54) is 0 Å². The molecule has 0 bridgehead atoms. The first-order valence-electron chi connectivity index (χ1n) is 4.73. The molecule has 1 atom stereocenters. The van der Waals surface area contributed by atoms with E-state index in [-0.39, 0.29) is 0 Å². The van der Waals surface area contributed by atoms with Gasteiger partial charge < -0.3 is 9.67 Å². The first-order valence-corrected chi connectivity index (χ1v) is 4.73. The van der Waals surface area contributed by atoms with Crippen LogP contribution in [0.2, 0.25) is 0 Å². The zero-order valence-electron chi connectivity index (χ0n) is 8.09. The van der Waals surface area contributed by atoms with Gasteiger partial charge in [0.15, 0.2) is 0 Å². The molecule has 74 valence electrons. The summed E-state index contributed by atoms with van der Waals surface area (Å²) in [6.07, 6.45) is 2.98. The van der Waals surface area contributed by atoms with E-state index in [4.69, 9.17) is 0 Å². The number of aliphatic hydroxyl groups excluding tert-OH is 1. The number of rotatable bonds is 3. The van der Waals surface area contributed by atoms with Crippen LogP contribution >= 0.6 is 0 Å². The Hall–Kier alpha value is -1.48. The highest BCUT2D eigenvalue weighted by molar-refractivity contribution is 5.24. The molecule has 0 amide bonds. The van der Waals surface area contributed by atoms with E-state index < -0.39 is 6.10 Å². The molecule has 0 aliphatic carbocycles. The van der Waals surface area contributed by atoms with Crippen molar-refractivity contribution in [3.8, 4) is 0 Å². The lowest BCUT2D eigenvalue weighted by atomic mass is 10.2. The molecule has 2 aromatic rings. The van der Waals surface area contributed by atoms with Crippen molar-refractivity contribution in [1.29, 1.82) is 0 Å². The monoisotopic (exact) mass is 189 g/mol.